The lowest BCUT2D eigenvalue weighted by Gasteiger charge is -2.23. The minimum atomic E-state index is -3.36. The smallest absolute Gasteiger partial charge is 0.178 e. The molecular weight excluding hydrogens is 458 g/mol. The maximum atomic E-state index is 12.8. The van der Waals surface area contributed by atoms with E-state index in [1.807, 2.05) is 72.6 Å². The molecule has 0 aliphatic heterocycles. The number of unbranched alkanes of at least 4 members (excludes halogenated alkanes) is 3. The monoisotopic (exact) mass is 493 g/mol. The van der Waals surface area contributed by atoms with Gasteiger partial charge in [0.2, 0.25) is 0 Å². The Bertz CT molecular complexity index is 1190. The van der Waals surface area contributed by atoms with Gasteiger partial charge >= 0.3 is 0 Å². The quantitative estimate of drug-likeness (QED) is 0.258. The normalized spacial score (nSPS) is 12.0. The van der Waals surface area contributed by atoms with Gasteiger partial charge in [-0.2, -0.15) is 0 Å². The highest BCUT2D eigenvalue weighted by molar-refractivity contribution is 7.91. The van der Waals surface area contributed by atoms with Crippen molar-refractivity contribution in [2.24, 2.45) is 0 Å². The molecule has 0 unspecified atom stereocenters. The van der Waals surface area contributed by atoms with Crippen LogP contribution in [0.3, 0.4) is 0 Å². The van der Waals surface area contributed by atoms with Crippen LogP contribution in [0.2, 0.25) is 0 Å². The predicted octanol–water partition coefficient (Wildman–Crippen LogP) is 5.03. The summed E-state index contributed by atoms with van der Waals surface area (Å²) in [4.78, 5) is 2.34. The Balaban J connectivity index is 1.96. The van der Waals surface area contributed by atoms with Gasteiger partial charge in [-0.25, -0.2) is 8.42 Å². The molecule has 0 aliphatic carbocycles. The second kappa shape index (κ2) is 13.2. The molecule has 2 N–H and O–H groups in total. The third-order valence-corrected chi connectivity index (χ3v) is 7.81. The molecule has 3 aromatic rings. The fourth-order valence-electron chi connectivity index (χ4n) is 4.05. The minimum Gasteiger partial charge on any atom is -0.396 e. The van der Waals surface area contributed by atoms with E-state index >= 15 is 0 Å². The topological polar surface area (TPSA) is 77.8 Å². The van der Waals surface area contributed by atoms with Gasteiger partial charge in [-0.1, -0.05) is 73.5 Å². The van der Waals surface area contributed by atoms with Crippen molar-refractivity contribution in [2.75, 3.05) is 37.5 Å². The van der Waals surface area contributed by atoms with Crippen molar-refractivity contribution in [3.63, 3.8) is 0 Å². The first-order chi connectivity index (χ1) is 17.0. The number of para-hydroxylation sites is 1. The van der Waals surface area contributed by atoms with E-state index < -0.39 is 9.84 Å². The van der Waals surface area contributed by atoms with Gasteiger partial charge in [0.15, 0.2) is 9.84 Å². The van der Waals surface area contributed by atoms with E-state index in [0.717, 1.165) is 40.8 Å². The lowest BCUT2D eigenvalue weighted by Crippen LogP contribution is -2.22. The molecule has 0 radical (unpaired) electrons. The third-order valence-electron chi connectivity index (χ3n) is 6.00. The largest absolute Gasteiger partial charge is 0.396 e. The molecule has 35 heavy (non-hydrogen) atoms. The molecule has 0 aromatic heterocycles. The van der Waals surface area contributed by atoms with E-state index in [-0.39, 0.29) is 19.0 Å². The lowest BCUT2D eigenvalue weighted by molar-refractivity contribution is 0.283. The standard InChI is InChI=1S/C29H35NO4S/c1-30(19-21-32)29-14-8-7-13-27(29)28(23-24-11-5-4-6-12-24)25-15-17-26(18-16-25)35(33,34)22-10-3-2-9-20-31/h4-8,11-18,23,31-32H,2-3,9-10,19-22H2,1H3. The van der Waals surface area contributed by atoms with Gasteiger partial charge in [0.25, 0.3) is 0 Å². The van der Waals surface area contributed by atoms with Gasteiger partial charge in [0.1, 0.15) is 0 Å². The molecule has 3 aromatic carbocycles. The summed E-state index contributed by atoms with van der Waals surface area (Å²) in [6.45, 7) is 0.701. The summed E-state index contributed by atoms with van der Waals surface area (Å²) in [7, 11) is -1.41. The van der Waals surface area contributed by atoms with Crippen LogP contribution in [0, 0.1) is 0 Å². The molecule has 0 saturated carbocycles. The molecule has 6 heteroatoms. The Labute approximate surface area is 209 Å². The van der Waals surface area contributed by atoms with Crippen molar-refractivity contribution < 1.29 is 18.6 Å². The molecule has 0 heterocycles. The lowest BCUT2D eigenvalue weighted by atomic mass is 9.94. The fourth-order valence-corrected chi connectivity index (χ4v) is 5.42. The average Bonchev–Trinajstić information content (AvgIpc) is 2.88. The summed E-state index contributed by atoms with van der Waals surface area (Å²) in [6, 6.07) is 25.2. The number of sulfone groups is 1. The number of aliphatic hydroxyl groups excluding tert-OH is 2. The number of likely N-dealkylation sites (N-methyl/N-ethyl adjacent to an activating group) is 1. The number of aliphatic hydroxyl groups is 2. The second-order valence-corrected chi connectivity index (χ2v) is 10.7. The van der Waals surface area contributed by atoms with Crippen LogP contribution in [0.1, 0.15) is 42.4 Å². The van der Waals surface area contributed by atoms with Crippen LogP contribution in [0.4, 0.5) is 5.69 Å². The van der Waals surface area contributed by atoms with E-state index in [1.54, 1.807) is 12.1 Å². The van der Waals surface area contributed by atoms with Crippen LogP contribution >= 0.6 is 0 Å². The molecule has 0 amide bonds. The summed E-state index contributed by atoms with van der Waals surface area (Å²) in [5.74, 6) is 0.110. The van der Waals surface area contributed by atoms with E-state index in [4.69, 9.17) is 5.11 Å². The molecule has 0 saturated heterocycles. The highest BCUT2D eigenvalue weighted by atomic mass is 32.2. The predicted molar refractivity (Wildman–Crippen MR) is 144 cm³/mol. The third kappa shape index (κ3) is 7.52. The maximum Gasteiger partial charge on any atom is 0.178 e. The Morgan fingerprint density at radius 1 is 0.800 bits per heavy atom. The van der Waals surface area contributed by atoms with Crippen LogP contribution in [-0.2, 0) is 9.84 Å². The van der Waals surface area contributed by atoms with Gasteiger partial charge in [-0.05, 0) is 53.8 Å². The van der Waals surface area contributed by atoms with Crippen molar-refractivity contribution in [2.45, 2.75) is 30.6 Å². The first-order valence-corrected chi connectivity index (χ1v) is 13.7. The number of nitrogens with zero attached hydrogens (tertiary/aromatic N) is 1. The summed E-state index contributed by atoms with van der Waals surface area (Å²) in [6.07, 6.45) is 5.03. The zero-order chi connectivity index (χ0) is 25.1. The first kappa shape index (κ1) is 26.7. The number of rotatable bonds is 13. The van der Waals surface area contributed by atoms with E-state index in [0.29, 0.717) is 24.3 Å². The van der Waals surface area contributed by atoms with Crippen LogP contribution in [0.25, 0.3) is 11.6 Å². The molecule has 0 bridgehead atoms. The van der Waals surface area contributed by atoms with Crippen LogP contribution < -0.4 is 4.90 Å². The molecule has 0 spiro atoms. The Morgan fingerprint density at radius 2 is 1.46 bits per heavy atom. The van der Waals surface area contributed by atoms with Crippen molar-refractivity contribution in [1.82, 2.24) is 0 Å². The van der Waals surface area contributed by atoms with E-state index in [2.05, 4.69) is 12.1 Å². The van der Waals surface area contributed by atoms with Gasteiger partial charge in [0.05, 0.1) is 17.3 Å². The van der Waals surface area contributed by atoms with E-state index in [9.17, 15) is 13.5 Å². The van der Waals surface area contributed by atoms with Crippen molar-refractivity contribution in [1.29, 1.82) is 0 Å². The van der Waals surface area contributed by atoms with Gasteiger partial charge in [0, 0.05) is 31.5 Å². The zero-order valence-electron chi connectivity index (χ0n) is 20.3. The highest BCUT2D eigenvalue weighted by Gasteiger charge is 2.17. The molecule has 0 atom stereocenters. The summed E-state index contributed by atoms with van der Waals surface area (Å²) in [5, 5.41) is 18.4. The number of hydrogen-bond donors (Lipinski definition) is 2. The Kier molecular flexibility index (Phi) is 10.1. The summed E-state index contributed by atoms with van der Waals surface area (Å²) < 4.78 is 25.7. The summed E-state index contributed by atoms with van der Waals surface area (Å²) in [5.41, 5.74) is 4.93. The van der Waals surface area contributed by atoms with Gasteiger partial charge < -0.3 is 15.1 Å². The van der Waals surface area contributed by atoms with Gasteiger partial charge in [-0.3, -0.25) is 0 Å². The number of anilines is 1. The molecule has 5 nitrogen and oxygen atoms in total. The zero-order valence-corrected chi connectivity index (χ0v) is 21.1. The van der Waals surface area contributed by atoms with Crippen molar-refractivity contribution >= 4 is 27.2 Å². The fraction of sp³-hybridized carbons (Fsp3) is 0.310. The molecule has 3 rings (SSSR count). The number of hydrogen-bond acceptors (Lipinski definition) is 5. The first-order valence-electron chi connectivity index (χ1n) is 12.1. The summed E-state index contributed by atoms with van der Waals surface area (Å²) >= 11 is 0. The second-order valence-electron chi connectivity index (χ2n) is 8.61. The van der Waals surface area contributed by atoms with Crippen molar-refractivity contribution in [3.8, 4) is 0 Å². The molecule has 186 valence electrons. The van der Waals surface area contributed by atoms with Crippen LogP contribution in [-0.4, -0.2) is 51.2 Å². The Hall–Kier alpha value is -2.93. The van der Waals surface area contributed by atoms with Gasteiger partial charge in [-0.15, -0.1) is 0 Å². The molecular formula is C29H35NO4S. The number of benzene rings is 3. The van der Waals surface area contributed by atoms with Crippen LogP contribution in [0.15, 0.2) is 83.8 Å². The average molecular weight is 494 g/mol. The minimum absolute atomic E-state index is 0.0507. The molecule has 0 fully saturated rings. The van der Waals surface area contributed by atoms with E-state index in [1.165, 1.54) is 0 Å². The maximum absolute atomic E-state index is 12.8. The Morgan fingerprint density at radius 3 is 2.14 bits per heavy atom. The molecule has 0 aliphatic rings. The van der Waals surface area contributed by atoms with Crippen molar-refractivity contribution in [3.05, 3.63) is 95.6 Å². The van der Waals surface area contributed by atoms with Crippen LogP contribution in [0.5, 0.6) is 0 Å². The highest BCUT2D eigenvalue weighted by Crippen LogP contribution is 2.33. The SMILES string of the molecule is CN(CCO)c1ccccc1C(=Cc1ccccc1)c1ccc(S(=O)(=O)CCCCCCO)cc1.